The number of carbonyl (C=O) groups is 1. The summed E-state index contributed by atoms with van der Waals surface area (Å²) in [5.74, 6) is 0.929. The summed E-state index contributed by atoms with van der Waals surface area (Å²) in [4.78, 5) is 19.1. The molecule has 2 aliphatic rings. The molecule has 1 N–H and O–H groups in total. The van der Waals surface area contributed by atoms with Crippen LogP contribution >= 0.6 is 11.6 Å². The fourth-order valence-corrected chi connectivity index (χ4v) is 4.48. The van der Waals surface area contributed by atoms with Gasteiger partial charge in [0.2, 0.25) is 0 Å². The van der Waals surface area contributed by atoms with Crippen LogP contribution in [-0.4, -0.2) is 37.1 Å². The molecule has 5 nitrogen and oxygen atoms in total. The molecule has 1 aliphatic heterocycles. The van der Waals surface area contributed by atoms with Crippen LogP contribution in [0.25, 0.3) is 0 Å². The minimum absolute atomic E-state index is 0.377. The van der Waals surface area contributed by atoms with E-state index in [-0.39, 0.29) is 5.41 Å². The number of anilines is 3. The number of benzene rings is 1. The van der Waals surface area contributed by atoms with Crippen molar-refractivity contribution < 1.29 is 9.53 Å². The van der Waals surface area contributed by atoms with Crippen molar-refractivity contribution in [3.05, 3.63) is 47.1 Å². The minimum atomic E-state index is -0.377. The molecule has 154 valence electrons. The fourth-order valence-electron chi connectivity index (χ4n) is 4.35. The van der Waals surface area contributed by atoms with Gasteiger partial charge < -0.3 is 19.7 Å². The molecule has 0 unspecified atom stereocenters. The number of aromatic nitrogens is 1. The highest BCUT2D eigenvalue weighted by Crippen LogP contribution is 2.44. The molecule has 0 spiro atoms. The zero-order chi connectivity index (χ0) is 20.3. The van der Waals surface area contributed by atoms with Gasteiger partial charge in [-0.3, -0.25) is 0 Å². The highest BCUT2D eigenvalue weighted by Gasteiger charge is 2.39. The summed E-state index contributed by atoms with van der Waals surface area (Å²) in [5.41, 5.74) is 2.51. The van der Waals surface area contributed by atoms with E-state index in [1.807, 2.05) is 30.5 Å². The lowest BCUT2D eigenvalue weighted by Gasteiger charge is -2.39. The van der Waals surface area contributed by atoms with E-state index in [2.05, 4.69) is 23.2 Å². The Kier molecular flexibility index (Phi) is 6.07. The van der Waals surface area contributed by atoms with Crippen molar-refractivity contribution >= 4 is 35.1 Å². The molecule has 29 heavy (non-hydrogen) atoms. The Hall–Kier alpha value is -2.11. The maximum atomic E-state index is 11.9. The number of hydrogen-bond donors (Lipinski definition) is 1. The molecule has 1 saturated carbocycles. The summed E-state index contributed by atoms with van der Waals surface area (Å²) in [5, 5.41) is 4.23. The maximum absolute atomic E-state index is 11.9. The Morgan fingerprint density at radius 1 is 1.28 bits per heavy atom. The van der Waals surface area contributed by atoms with Crippen LogP contribution in [0.3, 0.4) is 0 Å². The molecule has 2 fully saturated rings. The van der Waals surface area contributed by atoms with Crippen LogP contribution in [0.1, 0.15) is 44.6 Å². The van der Waals surface area contributed by atoms with E-state index in [4.69, 9.17) is 21.3 Å². The number of pyridine rings is 1. The van der Waals surface area contributed by atoms with Gasteiger partial charge >= 0.3 is 0 Å². The summed E-state index contributed by atoms with van der Waals surface area (Å²) < 4.78 is 5.55. The maximum Gasteiger partial charge on any atom is 0.152 e. The van der Waals surface area contributed by atoms with Crippen molar-refractivity contribution in [1.29, 1.82) is 0 Å². The van der Waals surface area contributed by atoms with Gasteiger partial charge in [0, 0.05) is 42.7 Å². The van der Waals surface area contributed by atoms with Crippen molar-refractivity contribution in [3.63, 3.8) is 0 Å². The van der Waals surface area contributed by atoms with E-state index < -0.39 is 0 Å². The molecule has 0 radical (unpaired) electrons. The number of hydrogen-bond acceptors (Lipinski definition) is 5. The molecule has 0 atom stereocenters. The minimum Gasteiger partial charge on any atom is -0.381 e. The first-order valence-corrected chi connectivity index (χ1v) is 10.9. The third-order valence-electron chi connectivity index (χ3n) is 6.28. The molecule has 1 aliphatic carbocycles. The van der Waals surface area contributed by atoms with E-state index in [1.165, 1.54) is 0 Å². The van der Waals surface area contributed by atoms with Crippen LogP contribution in [0.15, 0.2) is 36.5 Å². The normalized spacial score (nSPS) is 18.7. The second kappa shape index (κ2) is 8.72. The number of carbonyl (C=O) groups excluding carboxylic acids is 1. The van der Waals surface area contributed by atoms with E-state index in [1.54, 1.807) is 0 Å². The van der Waals surface area contributed by atoms with Crippen molar-refractivity contribution in [1.82, 2.24) is 4.98 Å². The molecular weight excluding hydrogens is 386 g/mol. The first-order valence-electron chi connectivity index (χ1n) is 10.5. The molecule has 1 saturated heterocycles. The van der Waals surface area contributed by atoms with Gasteiger partial charge in [0.05, 0.1) is 11.1 Å². The van der Waals surface area contributed by atoms with E-state index in [0.717, 1.165) is 80.9 Å². The van der Waals surface area contributed by atoms with E-state index >= 15 is 0 Å². The summed E-state index contributed by atoms with van der Waals surface area (Å²) >= 11 is 6.05. The van der Waals surface area contributed by atoms with Gasteiger partial charge in [-0.2, -0.15) is 0 Å². The van der Waals surface area contributed by atoms with Gasteiger partial charge in [0.1, 0.15) is 6.29 Å². The molecule has 0 amide bonds. The average Bonchev–Trinajstić information content (AvgIpc) is 2.72. The summed E-state index contributed by atoms with van der Waals surface area (Å²) in [6, 6.07) is 10.2. The Labute approximate surface area is 177 Å². The highest BCUT2D eigenvalue weighted by molar-refractivity contribution is 6.30. The number of aldehydes is 1. The highest BCUT2D eigenvalue weighted by atomic mass is 35.5. The largest absolute Gasteiger partial charge is 0.381 e. The van der Waals surface area contributed by atoms with Crippen LogP contribution in [0, 0.1) is 0 Å². The monoisotopic (exact) mass is 413 g/mol. The van der Waals surface area contributed by atoms with Crippen molar-refractivity contribution in [3.8, 4) is 0 Å². The second-order valence-corrected chi connectivity index (χ2v) is 8.42. The lowest BCUT2D eigenvalue weighted by atomic mass is 9.66. The molecule has 2 aromatic rings. The summed E-state index contributed by atoms with van der Waals surface area (Å²) in [6.07, 6.45) is 7.88. The molecule has 0 bridgehead atoms. The first-order chi connectivity index (χ1) is 14.1. The van der Waals surface area contributed by atoms with Crippen LogP contribution in [0.5, 0.6) is 0 Å². The van der Waals surface area contributed by atoms with Crippen LogP contribution < -0.4 is 10.2 Å². The zero-order valence-corrected chi connectivity index (χ0v) is 17.6. The van der Waals surface area contributed by atoms with Gasteiger partial charge in [0.25, 0.3) is 0 Å². The predicted octanol–water partition coefficient (Wildman–Crippen LogP) is 5.10. The smallest absolute Gasteiger partial charge is 0.152 e. The number of ether oxygens (including phenoxy) is 1. The molecule has 1 aromatic carbocycles. The molecule has 6 heteroatoms. The quantitative estimate of drug-likeness (QED) is 0.639. The fraction of sp³-hybridized carbons (Fsp3) is 0.478. The molecule has 1 aromatic heterocycles. The number of nitrogens with one attached hydrogen (secondary N) is 1. The molecule has 4 rings (SSSR count). The molecule has 2 heterocycles. The van der Waals surface area contributed by atoms with Gasteiger partial charge in [-0.05, 0) is 68.5 Å². The van der Waals surface area contributed by atoms with Crippen molar-refractivity contribution in [2.45, 2.75) is 50.5 Å². The lowest BCUT2D eigenvalue weighted by Crippen LogP contribution is -2.40. The lowest BCUT2D eigenvalue weighted by molar-refractivity contribution is -0.115. The SMILES string of the molecule is CCN(c1ncc(C2(C=O)CCC2)cc1Nc1ccc(Cl)cc1)C1CCOCC1. The average molecular weight is 414 g/mol. The van der Waals surface area contributed by atoms with Crippen LogP contribution in [-0.2, 0) is 14.9 Å². The third-order valence-corrected chi connectivity index (χ3v) is 6.53. The first kappa shape index (κ1) is 20.2. The van der Waals surface area contributed by atoms with Gasteiger partial charge in [-0.25, -0.2) is 4.98 Å². The Bertz CT molecular complexity index is 846. The van der Waals surface area contributed by atoms with E-state index in [9.17, 15) is 4.79 Å². The van der Waals surface area contributed by atoms with Crippen molar-refractivity contribution in [2.24, 2.45) is 0 Å². The summed E-state index contributed by atoms with van der Waals surface area (Å²) in [6.45, 7) is 4.60. The van der Waals surface area contributed by atoms with Crippen molar-refractivity contribution in [2.75, 3.05) is 30.0 Å². The predicted molar refractivity (Wildman–Crippen MR) is 117 cm³/mol. The number of halogens is 1. The van der Waals surface area contributed by atoms with Gasteiger partial charge in [-0.15, -0.1) is 0 Å². The van der Waals surface area contributed by atoms with Crippen LogP contribution in [0.2, 0.25) is 5.02 Å². The Morgan fingerprint density at radius 3 is 2.59 bits per heavy atom. The Balaban J connectivity index is 1.72. The standard InChI is InChI=1S/C23H28ClN3O2/c1-2-27(20-8-12-29-13-9-20)22-21(26-19-6-4-18(24)5-7-19)14-17(15-25-22)23(16-28)10-3-11-23/h4-7,14-16,20,26H,2-3,8-13H2,1H3. The second-order valence-electron chi connectivity index (χ2n) is 7.98. The number of rotatable bonds is 7. The summed E-state index contributed by atoms with van der Waals surface area (Å²) in [7, 11) is 0. The molecular formula is C23H28ClN3O2. The topological polar surface area (TPSA) is 54.5 Å². The van der Waals surface area contributed by atoms with Crippen LogP contribution in [0.4, 0.5) is 17.2 Å². The zero-order valence-electron chi connectivity index (χ0n) is 16.9. The number of nitrogens with zero attached hydrogens (tertiary/aromatic N) is 2. The van der Waals surface area contributed by atoms with E-state index in [0.29, 0.717) is 11.1 Å². The van der Waals surface area contributed by atoms with Gasteiger partial charge in [0.15, 0.2) is 5.82 Å². The third kappa shape index (κ3) is 4.12. The van der Waals surface area contributed by atoms with Gasteiger partial charge in [-0.1, -0.05) is 18.0 Å². The Morgan fingerprint density at radius 2 is 2.00 bits per heavy atom.